The number of benzene rings is 1. The molecule has 4 rings (SSSR count). The van der Waals surface area contributed by atoms with Crippen LogP contribution in [0.5, 0.6) is 0 Å². The average molecular weight is 491 g/mol. The van der Waals surface area contributed by atoms with Crippen LogP contribution in [0.2, 0.25) is 0 Å². The fraction of sp³-hybridized carbons (Fsp3) is 0.455. The van der Waals surface area contributed by atoms with Crippen molar-refractivity contribution in [2.24, 2.45) is 4.99 Å². The van der Waals surface area contributed by atoms with Crippen LogP contribution in [0.15, 0.2) is 53.7 Å². The van der Waals surface area contributed by atoms with Gasteiger partial charge in [-0.25, -0.2) is 4.98 Å². The molecule has 1 aromatic carbocycles. The van der Waals surface area contributed by atoms with Gasteiger partial charge in [0.2, 0.25) is 0 Å². The number of anilines is 1. The Morgan fingerprint density at radius 3 is 2.54 bits per heavy atom. The van der Waals surface area contributed by atoms with E-state index in [2.05, 4.69) is 70.3 Å². The number of halogens is 1. The minimum Gasteiger partial charge on any atom is -0.353 e. The van der Waals surface area contributed by atoms with Crippen molar-refractivity contribution in [3.8, 4) is 0 Å². The molecule has 1 aromatic heterocycles. The van der Waals surface area contributed by atoms with Gasteiger partial charge in [0, 0.05) is 50.9 Å². The fourth-order valence-corrected chi connectivity index (χ4v) is 3.94. The number of aliphatic imine (C=N–C) groups is 1. The molecule has 2 heterocycles. The number of hydrogen-bond acceptors (Lipinski definition) is 3. The third kappa shape index (κ3) is 4.77. The second-order valence-corrected chi connectivity index (χ2v) is 7.41. The van der Waals surface area contributed by atoms with E-state index in [1.54, 1.807) is 0 Å². The molecule has 2 fully saturated rings. The highest BCUT2D eigenvalue weighted by molar-refractivity contribution is 14.0. The zero-order valence-electron chi connectivity index (χ0n) is 16.7. The van der Waals surface area contributed by atoms with Crippen LogP contribution in [-0.2, 0) is 0 Å². The van der Waals surface area contributed by atoms with E-state index in [1.807, 2.05) is 12.3 Å². The Balaban J connectivity index is 0.00000225. The standard InChI is InChI=1S/C22H29N5.HI/c1-3-23-22(25-20-16-19(20)18-9-5-4-8-17(18)2)27-14-12-26(13-15-27)21-10-6-7-11-24-21;/h4-11,19-20H,3,12-16H2,1-2H3,(H,23,25);1H. The molecule has 1 aliphatic heterocycles. The molecule has 150 valence electrons. The molecule has 1 N–H and O–H groups in total. The zero-order valence-corrected chi connectivity index (χ0v) is 19.0. The fourth-order valence-electron chi connectivity index (χ4n) is 3.94. The van der Waals surface area contributed by atoms with Gasteiger partial charge < -0.3 is 15.1 Å². The number of aromatic nitrogens is 1. The first kappa shape index (κ1) is 20.9. The minimum absolute atomic E-state index is 0. The molecule has 2 unspecified atom stereocenters. The van der Waals surface area contributed by atoms with Crippen LogP contribution in [0.3, 0.4) is 0 Å². The lowest BCUT2D eigenvalue weighted by molar-refractivity contribution is 0.370. The minimum atomic E-state index is 0. The van der Waals surface area contributed by atoms with Crippen LogP contribution >= 0.6 is 24.0 Å². The maximum atomic E-state index is 4.77. The van der Waals surface area contributed by atoms with E-state index >= 15 is 0 Å². The van der Waals surface area contributed by atoms with E-state index < -0.39 is 0 Å². The van der Waals surface area contributed by atoms with Crippen molar-refractivity contribution < 1.29 is 0 Å². The third-order valence-corrected chi connectivity index (χ3v) is 5.55. The van der Waals surface area contributed by atoms with Crippen LogP contribution in [0.4, 0.5) is 5.82 Å². The van der Waals surface area contributed by atoms with Gasteiger partial charge in [0.05, 0.1) is 0 Å². The van der Waals surface area contributed by atoms with E-state index in [-0.39, 0.29) is 24.0 Å². The highest BCUT2D eigenvalue weighted by atomic mass is 127. The molecule has 0 spiro atoms. The van der Waals surface area contributed by atoms with Crippen LogP contribution < -0.4 is 10.2 Å². The van der Waals surface area contributed by atoms with Gasteiger partial charge in [0.1, 0.15) is 5.82 Å². The van der Waals surface area contributed by atoms with Crippen molar-refractivity contribution in [2.75, 3.05) is 37.6 Å². The van der Waals surface area contributed by atoms with Gasteiger partial charge in [-0.15, -0.1) is 24.0 Å². The van der Waals surface area contributed by atoms with Gasteiger partial charge in [0.25, 0.3) is 0 Å². The summed E-state index contributed by atoms with van der Waals surface area (Å²) in [5.74, 6) is 2.75. The van der Waals surface area contributed by atoms with Crippen LogP contribution in [0.1, 0.15) is 30.4 Å². The van der Waals surface area contributed by atoms with E-state index in [9.17, 15) is 0 Å². The van der Waals surface area contributed by atoms with Gasteiger partial charge in [-0.2, -0.15) is 0 Å². The Morgan fingerprint density at radius 1 is 1.11 bits per heavy atom. The Bertz CT molecular complexity index is 787. The summed E-state index contributed by atoms with van der Waals surface area (Å²) < 4.78 is 0. The number of piperazine rings is 1. The molecule has 0 amide bonds. The van der Waals surface area contributed by atoms with Crippen LogP contribution in [-0.4, -0.2) is 54.6 Å². The van der Waals surface area contributed by atoms with Crippen molar-refractivity contribution >= 4 is 35.8 Å². The van der Waals surface area contributed by atoms with Crippen molar-refractivity contribution in [1.82, 2.24) is 15.2 Å². The molecule has 1 saturated carbocycles. The number of hydrogen-bond donors (Lipinski definition) is 1. The van der Waals surface area contributed by atoms with Crippen molar-refractivity contribution in [2.45, 2.75) is 32.2 Å². The van der Waals surface area contributed by atoms with Gasteiger partial charge in [-0.05, 0) is 43.5 Å². The Labute approximate surface area is 185 Å². The lowest BCUT2D eigenvalue weighted by Crippen LogP contribution is -2.53. The predicted molar refractivity (Wildman–Crippen MR) is 127 cm³/mol. The lowest BCUT2D eigenvalue weighted by atomic mass is 10.0. The number of guanidine groups is 1. The zero-order chi connectivity index (χ0) is 18.6. The first-order chi connectivity index (χ1) is 13.3. The summed E-state index contributed by atoms with van der Waals surface area (Å²) in [6.07, 6.45) is 3.06. The molecule has 6 heteroatoms. The van der Waals surface area contributed by atoms with Gasteiger partial charge in [0.15, 0.2) is 5.96 Å². The number of nitrogens with zero attached hydrogens (tertiary/aromatic N) is 4. The van der Waals surface area contributed by atoms with E-state index in [1.165, 1.54) is 17.5 Å². The predicted octanol–water partition coefficient (Wildman–Crippen LogP) is 3.65. The van der Waals surface area contributed by atoms with Gasteiger partial charge in [-0.3, -0.25) is 4.99 Å². The number of nitrogens with one attached hydrogen (secondary N) is 1. The van der Waals surface area contributed by atoms with Crippen molar-refractivity contribution in [1.29, 1.82) is 0 Å². The topological polar surface area (TPSA) is 43.8 Å². The van der Waals surface area contributed by atoms with E-state index in [0.717, 1.165) is 44.5 Å². The smallest absolute Gasteiger partial charge is 0.194 e. The Morgan fingerprint density at radius 2 is 1.86 bits per heavy atom. The maximum absolute atomic E-state index is 4.77. The SMILES string of the molecule is CCN=C(NC1CC1c1ccccc1C)N1CCN(c2ccccn2)CC1.I. The molecule has 0 radical (unpaired) electrons. The second-order valence-electron chi connectivity index (χ2n) is 7.41. The molecule has 2 atom stereocenters. The summed E-state index contributed by atoms with van der Waals surface area (Å²) >= 11 is 0. The summed E-state index contributed by atoms with van der Waals surface area (Å²) in [5, 5.41) is 3.73. The summed E-state index contributed by atoms with van der Waals surface area (Å²) in [6.45, 7) is 9.04. The highest BCUT2D eigenvalue weighted by Gasteiger charge is 2.40. The largest absolute Gasteiger partial charge is 0.353 e. The molecule has 1 aliphatic carbocycles. The summed E-state index contributed by atoms with van der Waals surface area (Å²) in [5.41, 5.74) is 2.87. The van der Waals surface area contributed by atoms with Crippen LogP contribution in [0, 0.1) is 6.92 Å². The van der Waals surface area contributed by atoms with Crippen molar-refractivity contribution in [3.63, 3.8) is 0 Å². The molecule has 5 nitrogen and oxygen atoms in total. The first-order valence-electron chi connectivity index (χ1n) is 10.0. The maximum Gasteiger partial charge on any atom is 0.194 e. The summed E-state index contributed by atoms with van der Waals surface area (Å²) in [7, 11) is 0. The molecular weight excluding hydrogens is 461 g/mol. The van der Waals surface area contributed by atoms with Gasteiger partial charge >= 0.3 is 0 Å². The monoisotopic (exact) mass is 491 g/mol. The number of pyridine rings is 1. The molecular formula is C22H30IN5. The molecule has 0 bridgehead atoms. The summed E-state index contributed by atoms with van der Waals surface area (Å²) in [4.78, 5) is 14.0. The number of aryl methyl sites for hydroxylation is 1. The molecule has 2 aliphatic rings. The third-order valence-electron chi connectivity index (χ3n) is 5.55. The van der Waals surface area contributed by atoms with Gasteiger partial charge in [-0.1, -0.05) is 30.3 Å². The molecule has 28 heavy (non-hydrogen) atoms. The first-order valence-corrected chi connectivity index (χ1v) is 10.0. The van der Waals surface area contributed by atoms with E-state index in [4.69, 9.17) is 4.99 Å². The molecule has 2 aromatic rings. The Hall–Kier alpha value is -1.83. The normalized spacial score (nSPS) is 21.9. The van der Waals surface area contributed by atoms with Crippen molar-refractivity contribution in [3.05, 3.63) is 59.8 Å². The van der Waals surface area contributed by atoms with E-state index in [0.29, 0.717) is 12.0 Å². The molecule has 1 saturated heterocycles. The van der Waals surface area contributed by atoms with Crippen LogP contribution in [0.25, 0.3) is 0 Å². The quantitative estimate of drug-likeness (QED) is 0.403. The lowest BCUT2D eigenvalue weighted by Gasteiger charge is -2.37. The average Bonchev–Trinajstić information content (AvgIpc) is 3.48. The number of rotatable bonds is 4. The summed E-state index contributed by atoms with van der Waals surface area (Å²) in [6, 6.07) is 15.4. The Kier molecular flexibility index (Phi) is 7.15. The second kappa shape index (κ2) is 9.58. The highest BCUT2D eigenvalue weighted by Crippen LogP contribution is 2.42.